The molecule has 100 valence electrons. The van der Waals surface area contributed by atoms with E-state index in [-0.39, 0.29) is 11.3 Å². The lowest BCUT2D eigenvalue weighted by atomic mass is 9.84. The Morgan fingerprint density at radius 3 is 2.72 bits per heavy atom. The van der Waals surface area contributed by atoms with Gasteiger partial charge in [-0.15, -0.1) is 0 Å². The molecule has 0 saturated carbocycles. The molecule has 1 aromatic carbocycles. The highest BCUT2D eigenvalue weighted by Crippen LogP contribution is 2.25. The van der Waals surface area contributed by atoms with Crippen LogP contribution in [0.4, 0.5) is 0 Å². The summed E-state index contributed by atoms with van der Waals surface area (Å²) in [5.74, 6) is 0.685. The number of amides is 1. The standard InChI is InChI=1S/C14H22N2O2/c1-10(15)13(17)16-9-14(2,3)11-6-5-7-12(8-11)18-4/h5-8,10H,9,15H2,1-4H3,(H,16,17). The van der Waals surface area contributed by atoms with E-state index >= 15 is 0 Å². The average Bonchev–Trinajstić information content (AvgIpc) is 2.36. The molecule has 0 heterocycles. The van der Waals surface area contributed by atoms with Crippen molar-refractivity contribution >= 4 is 5.91 Å². The van der Waals surface area contributed by atoms with Crippen molar-refractivity contribution in [2.75, 3.05) is 13.7 Å². The number of ether oxygens (including phenoxy) is 1. The van der Waals surface area contributed by atoms with Gasteiger partial charge in [-0.1, -0.05) is 26.0 Å². The van der Waals surface area contributed by atoms with Crippen LogP contribution in [-0.4, -0.2) is 25.6 Å². The molecule has 1 atom stereocenters. The Kier molecular flexibility index (Phi) is 4.73. The fourth-order valence-corrected chi connectivity index (χ4v) is 1.62. The fraction of sp³-hybridized carbons (Fsp3) is 0.500. The maximum atomic E-state index is 11.5. The van der Waals surface area contributed by atoms with Crippen molar-refractivity contribution in [3.05, 3.63) is 29.8 Å². The van der Waals surface area contributed by atoms with Gasteiger partial charge in [0.25, 0.3) is 0 Å². The molecular formula is C14H22N2O2. The number of carbonyl (C=O) groups is 1. The van der Waals surface area contributed by atoms with Crippen molar-refractivity contribution in [3.63, 3.8) is 0 Å². The van der Waals surface area contributed by atoms with E-state index in [1.807, 2.05) is 24.3 Å². The zero-order valence-electron chi connectivity index (χ0n) is 11.5. The van der Waals surface area contributed by atoms with Crippen molar-refractivity contribution in [1.29, 1.82) is 0 Å². The Morgan fingerprint density at radius 1 is 1.50 bits per heavy atom. The van der Waals surface area contributed by atoms with Gasteiger partial charge >= 0.3 is 0 Å². The molecule has 0 aliphatic carbocycles. The fourth-order valence-electron chi connectivity index (χ4n) is 1.62. The minimum atomic E-state index is -0.480. The molecule has 18 heavy (non-hydrogen) atoms. The number of methoxy groups -OCH3 is 1. The van der Waals surface area contributed by atoms with Gasteiger partial charge in [0, 0.05) is 12.0 Å². The molecule has 4 heteroatoms. The van der Waals surface area contributed by atoms with Crippen LogP contribution in [0.2, 0.25) is 0 Å². The Labute approximate surface area is 109 Å². The molecule has 0 spiro atoms. The molecular weight excluding hydrogens is 228 g/mol. The zero-order valence-corrected chi connectivity index (χ0v) is 11.5. The minimum Gasteiger partial charge on any atom is -0.497 e. The molecule has 1 aromatic rings. The molecule has 3 N–H and O–H groups in total. The Balaban J connectivity index is 2.75. The normalized spacial score (nSPS) is 12.9. The van der Waals surface area contributed by atoms with E-state index in [2.05, 4.69) is 19.2 Å². The van der Waals surface area contributed by atoms with Crippen LogP contribution >= 0.6 is 0 Å². The van der Waals surface area contributed by atoms with Crippen LogP contribution in [-0.2, 0) is 10.2 Å². The number of benzene rings is 1. The number of rotatable bonds is 5. The SMILES string of the molecule is COc1cccc(C(C)(C)CNC(=O)C(C)N)c1. The molecule has 0 aliphatic rings. The molecule has 1 rings (SSSR count). The van der Waals surface area contributed by atoms with Crippen molar-refractivity contribution < 1.29 is 9.53 Å². The van der Waals surface area contributed by atoms with Crippen LogP contribution < -0.4 is 15.8 Å². The number of hydrogen-bond acceptors (Lipinski definition) is 3. The van der Waals surface area contributed by atoms with E-state index in [0.29, 0.717) is 6.54 Å². The Bertz CT molecular complexity index is 414. The maximum Gasteiger partial charge on any atom is 0.236 e. The third-order valence-corrected chi connectivity index (χ3v) is 2.97. The van der Waals surface area contributed by atoms with E-state index in [4.69, 9.17) is 10.5 Å². The summed E-state index contributed by atoms with van der Waals surface area (Å²) < 4.78 is 5.21. The van der Waals surface area contributed by atoms with Crippen molar-refractivity contribution in [3.8, 4) is 5.75 Å². The van der Waals surface area contributed by atoms with Crippen LogP contribution in [0, 0.1) is 0 Å². The van der Waals surface area contributed by atoms with E-state index in [0.717, 1.165) is 11.3 Å². The Hall–Kier alpha value is -1.55. The van der Waals surface area contributed by atoms with Gasteiger partial charge in [0.1, 0.15) is 5.75 Å². The average molecular weight is 250 g/mol. The minimum absolute atomic E-state index is 0.133. The monoisotopic (exact) mass is 250 g/mol. The second-order valence-corrected chi connectivity index (χ2v) is 5.12. The highest BCUT2D eigenvalue weighted by atomic mass is 16.5. The first-order valence-corrected chi connectivity index (χ1v) is 6.04. The van der Waals surface area contributed by atoms with E-state index in [1.165, 1.54) is 0 Å². The summed E-state index contributed by atoms with van der Waals surface area (Å²) in [6.07, 6.45) is 0. The van der Waals surface area contributed by atoms with Gasteiger partial charge in [0.15, 0.2) is 0 Å². The second kappa shape index (κ2) is 5.87. The molecule has 0 saturated heterocycles. The number of nitrogens with one attached hydrogen (secondary N) is 1. The van der Waals surface area contributed by atoms with Crippen molar-refractivity contribution in [1.82, 2.24) is 5.32 Å². The predicted octanol–water partition coefficient (Wildman–Crippen LogP) is 1.44. The topological polar surface area (TPSA) is 64.3 Å². The number of nitrogens with two attached hydrogens (primary N) is 1. The second-order valence-electron chi connectivity index (χ2n) is 5.12. The molecule has 1 unspecified atom stereocenters. The molecule has 0 aromatic heterocycles. The van der Waals surface area contributed by atoms with Gasteiger partial charge in [-0.2, -0.15) is 0 Å². The van der Waals surface area contributed by atoms with Crippen LogP contribution in [0.3, 0.4) is 0 Å². The lowest BCUT2D eigenvalue weighted by Crippen LogP contribution is -2.43. The predicted molar refractivity (Wildman–Crippen MR) is 72.7 cm³/mol. The van der Waals surface area contributed by atoms with E-state index < -0.39 is 6.04 Å². The van der Waals surface area contributed by atoms with Crippen LogP contribution in [0.5, 0.6) is 5.75 Å². The van der Waals surface area contributed by atoms with E-state index in [9.17, 15) is 4.79 Å². The first-order valence-electron chi connectivity index (χ1n) is 6.04. The molecule has 0 fully saturated rings. The van der Waals surface area contributed by atoms with Gasteiger partial charge in [0.05, 0.1) is 13.2 Å². The van der Waals surface area contributed by atoms with Crippen LogP contribution in [0.15, 0.2) is 24.3 Å². The summed E-state index contributed by atoms with van der Waals surface area (Å²) in [4.78, 5) is 11.5. The lowest BCUT2D eigenvalue weighted by molar-refractivity contribution is -0.122. The van der Waals surface area contributed by atoms with Gasteiger partial charge < -0.3 is 15.8 Å². The Morgan fingerprint density at radius 2 is 2.17 bits per heavy atom. The number of hydrogen-bond donors (Lipinski definition) is 2. The van der Waals surface area contributed by atoms with Gasteiger partial charge in [0.2, 0.25) is 5.91 Å². The van der Waals surface area contributed by atoms with Crippen molar-refractivity contribution in [2.24, 2.45) is 5.73 Å². The summed E-state index contributed by atoms with van der Waals surface area (Å²) in [6.45, 7) is 6.36. The first kappa shape index (κ1) is 14.5. The summed E-state index contributed by atoms with van der Waals surface area (Å²) in [5.41, 5.74) is 6.47. The summed E-state index contributed by atoms with van der Waals surface area (Å²) in [6, 6.07) is 7.38. The largest absolute Gasteiger partial charge is 0.497 e. The summed E-state index contributed by atoms with van der Waals surface area (Å²) in [7, 11) is 1.64. The third-order valence-electron chi connectivity index (χ3n) is 2.97. The van der Waals surface area contributed by atoms with Gasteiger partial charge in [-0.25, -0.2) is 0 Å². The first-order chi connectivity index (χ1) is 8.36. The smallest absolute Gasteiger partial charge is 0.236 e. The van der Waals surface area contributed by atoms with E-state index in [1.54, 1.807) is 14.0 Å². The maximum absolute atomic E-state index is 11.5. The summed E-state index contributed by atoms with van der Waals surface area (Å²) in [5, 5.41) is 2.85. The lowest BCUT2D eigenvalue weighted by Gasteiger charge is -2.26. The molecule has 0 bridgehead atoms. The third kappa shape index (κ3) is 3.74. The van der Waals surface area contributed by atoms with Crippen molar-refractivity contribution in [2.45, 2.75) is 32.2 Å². The number of carbonyl (C=O) groups excluding carboxylic acids is 1. The molecule has 0 aliphatic heterocycles. The molecule has 0 radical (unpaired) electrons. The summed E-state index contributed by atoms with van der Waals surface area (Å²) >= 11 is 0. The zero-order chi connectivity index (χ0) is 13.8. The van der Waals surface area contributed by atoms with Gasteiger partial charge in [-0.3, -0.25) is 4.79 Å². The van der Waals surface area contributed by atoms with Gasteiger partial charge in [-0.05, 0) is 24.6 Å². The van der Waals surface area contributed by atoms with Crippen LogP contribution in [0.1, 0.15) is 26.3 Å². The molecule has 1 amide bonds. The van der Waals surface area contributed by atoms with Crippen LogP contribution in [0.25, 0.3) is 0 Å². The molecule has 4 nitrogen and oxygen atoms in total. The quantitative estimate of drug-likeness (QED) is 0.831. The highest BCUT2D eigenvalue weighted by molar-refractivity contribution is 5.81. The highest BCUT2D eigenvalue weighted by Gasteiger charge is 2.22.